The zero-order chi connectivity index (χ0) is 16.5. The molecule has 0 saturated heterocycles. The average Bonchev–Trinajstić information content (AvgIpc) is 3.20. The van der Waals surface area contributed by atoms with Crippen molar-refractivity contribution in [1.82, 2.24) is 25.0 Å². The van der Waals surface area contributed by atoms with Crippen LogP contribution in [0.2, 0.25) is 0 Å². The number of hydrogen-bond donors (Lipinski definition) is 1. The normalized spacial score (nSPS) is 18.5. The number of fused-ring (bicyclic) bond motifs is 2. The van der Waals surface area contributed by atoms with E-state index in [2.05, 4.69) is 20.1 Å². The Morgan fingerprint density at radius 2 is 2.29 bits per heavy atom. The molecule has 2 aromatic rings. The van der Waals surface area contributed by atoms with Gasteiger partial charge >= 0.3 is 6.03 Å². The van der Waals surface area contributed by atoms with Gasteiger partial charge in [-0.1, -0.05) is 18.2 Å². The van der Waals surface area contributed by atoms with Crippen LogP contribution in [0.15, 0.2) is 24.3 Å². The Bertz CT molecular complexity index is 757. The molecule has 126 valence electrons. The van der Waals surface area contributed by atoms with Gasteiger partial charge in [-0.05, 0) is 12.5 Å². The lowest BCUT2D eigenvalue weighted by atomic mass is 10.0. The fraction of sp³-hybridized carbons (Fsp3) is 0.471. The highest BCUT2D eigenvalue weighted by Gasteiger charge is 2.25. The molecule has 4 rings (SSSR count). The first-order chi connectivity index (χ1) is 11.7. The van der Waals surface area contributed by atoms with Gasteiger partial charge in [0.25, 0.3) is 0 Å². The summed E-state index contributed by atoms with van der Waals surface area (Å²) in [4.78, 5) is 14.2. The summed E-state index contributed by atoms with van der Waals surface area (Å²) < 4.78 is 7.76. The van der Waals surface area contributed by atoms with E-state index in [0.29, 0.717) is 13.2 Å². The first-order valence-corrected chi connectivity index (χ1v) is 8.36. The van der Waals surface area contributed by atoms with Crippen LogP contribution in [0.4, 0.5) is 4.79 Å². The lowest BCUT2D eigenvalue weighted by Crippen LogP contribution is -2.40. The van der Waals surface area contributed by atoms with Gasteiger partial charge in [-0.3, -0.25) is 0 Å². The molecule has 0 radical (unpaired) electrons. The lowest BCUT2D eigenvalue weighted by Gasteiger charge is -2.28. The van der Waals surface area contributed by atoms with Gasteiger partial charge in [-0.15, -0.1) is 10.2 Å². The van der Waals surface area contributed by atoms with E-state index in [1.54, 1.807) is 11.9 Å². The van der Waals surface area contributed by atoms with Crippen LogP contribution in [0.3, 0.4) is 0 Å². The number of carbonyl (C=O) groups is 1. The Labute approximate surface area is 140 Å². The van der Waals surface area contributed by atoms with Crippen LogP contribution in [0.1, 0.15) is 36.1 Å². The maximum absolute atomic E-state index is 12.6. The van der Waals surface area contributed by atoms with Gasteiger partial charge < -0.3 is 19.5 Å². The number of amides is 2. The molecule has 1 N–H and O–H groups in total. The zero-order valence-corrected chi connectivity index (χ0v) is 13.7. The Morgan fingerprint density at radius 3 is 3.21 bits per heavy atom. The molecule has 1 aromatic carbocycles. The number of para-hydroxylation sites is 1. The zero-order valence-electron chi connectivity index (χ0n) is 13.7. The summed E-state index contributed by atoms with van der Waals surface area (Å²) in [5, 5.41) is 11.5. The third-order valence-corrected chi connectivity index (χ3v) is 4.67. The number of benzene rings is 1. The number of hydrogen-bond acceptors (Lipinski definition) is 4. The van der Waals surface area contributed by atoms with Gasteiger partial charge in [-0.25, -0.2) is 4.79 Å². The molecule has 0 bridgehead atoms. The average molecular weight is 327 g/mol. The molecule has 2 amide bonds. The van der Waals surface area contributed by atoms with Crippen molar-refractivity contribution < 1.29 is 9.53 Å². The molecule has 24 heavy (non-hydrogen) atoms. The van der Waals surface area contributed by atoms with Crippen LogP contribution in [0.5, 0.6) is 5.75 Å². The smallest absolute Gasteiger partial charge is 0.318 e. The van der Waals surface area contributed by atoms with Crippen molar-refractivity contribution in [2.75, 3.05) is 13.7 Å². The summed E-state index contributed by atoms with van der Waals surface area (Å²) in [5.74, 6) is 2.73. The Morgan fingerprint density at radius 1 is 1.42 bits per heavy atom. The predicted octanol–water partition coefficient (Wildman–Crippen LogP) is 1.89. The second-order valence-corrected chi connectivity index (χ2v) is 6.32. The van der Waals surface area contributed by atoms with Crippen molar-refractivity contribution in [2.45, 2.75) is 38.4 Å². The fourth-order valence-electron chi connectivity index (χ4n) is 3.36. The highest BCUT2D eigenvalue weighted by Crippen LogP contribution is 2.31. The number of aryl methyl sites for hydroxylation is 1. The number of carbonyl (C=O) groups excluding carboxylic acids is 1. The van der Waals surface area contributed by atoms with E-state index in [1.165, 1.54) is 0 Å². The molecule has 0 saturated carbocycles. The topological polar surface area (TPSA) is 72.3 Å². The summed E-state index contributed by atoms with van der Waals surface area (Å²) in [5.41, 5.74) is 1.04. The SMILES string of the molecule is CN(Cc1nnc2n1CCC2)C(=O)NC1CCOc2ccccc21. The molecule has 3 heterocycles. The standard InChI is InChI=1S/C17H21N5O2/c1-21(11-16-20-19-15-7-4-9-22(15)16)17(23)18-13-8-10-24-14-6-3-2-5-12(13)14/h2-3,5-6,13H,4,7-11H2,1H3,(H,18,23). The minimum Gasteiger partial charge on any atom is -0.493 e. The molecule has 1 unspecified atom stereocenters. The molecule has 0 fully saturated rings. The number of aromatic nitrogens is 3. The third-order valence-electron chi connectivity index (χ3n) is 4.67. The molecular formula is C17H21N5O2. The summed E-state index contributed by atoms with van der Waals surface area (Å²) >= 11 is 0. The van der Waals surface area contributed by atoms with Gasteiger partial charge in [0, 0.05) is 32.0 Å². The molecule has 1 atom stereocenters. The van der Waals surface area contributed by atoms with Gasteiger partial charge in [0.1, 0.15) is 11.6 Å². The van der Waals surface area contributed by atoms with E-state index in [4.69, 9.17) is 4.74 Å². The number of nitrogens with zero attached hydrogens (tertiary/aromatic N) is 4. The lowest BCUT2D eigenvalue weighted by molar-refractivity contribution is 0.192. The van der Waals surface area contributed by atoms with Crippen molar-refractivity contribution >= 4 is 6.03 Å². The molecule has 0 spiro atoms. The van der Waals surface area contributed by atoms with E-state index >= 15 is 0 Å². The Balaban J connectivity index is 1.43. The number of urea groups is 1. The summed E-state index contributed by atoms with van der Waals surface area (Å²) in [6.07, 6.45) is 2.85. The minimum absolute atomic E-state index is 0.0194. The molecule has 2 aliphatic heterocycles. The van der Waals surface area contributed by atoms with Gasteiger partial charge in [-0.2, -0.15) is 0 Å². The van der Waals surface area contributed by atoms with Crippen molar-refractivity contribution in [2.24, 2.45) is 0 Å². The van der Waals surface area contributed by atoms with E-state index in [1.807, 2.05) is 24.3 Å². The first-order valence-electron chi connectivity index (χ1n) is 8.36. The summed E-state index contributed by atoms with van der Waals surface area (Å²) in [7, 11) is 1.79. The molecule has 0 aliphatic carbocycles. The number of nitrogens with one attached hydrogen (secondary N) is 1. The van der Waals surface area contributed by atoms with Crippen LogP contribution in [0.25, 0.3) is 0 Å². The summed E-state index contributed by atoms with van der Waals surface area (Å²) in [6.45, 7) is 2.02. The van der Waals surface area contributed by atoms with Crippen LogP contribution in [-0.2, 0) is 19.5 Å². The minimum atomic E-state index is -0.105. The van der Waals surface area contributed by atoms with Gasteiger partial charge in [0.2, 0.25) is 0 Å². The van der Waals surface area contributed by atoms with Crippen molar-refractivity contribution in [1.29, 1.82) is 0 Å². The van der Waals surface area contributed by atoms with E-state index in [0.717, 1.165) is 48.8 Å². The first kappa shape index (κ1) is 15.0. The van der Waals surface area contributed by atoms with Crippen molar-refractivity contribution in [3.63, 3.8) is 0 Å². The molecular weight excluding hydrogens is 306 g/mol. The molecule has 2 aliphatic rings. The molecule has 1 aromatic heterocycles. The fourth-order valence-corrected chi connectivity index (χ4v) is 3.36. The highest BCUT2D eigenvalue weighted by atomic mass is 16.5. The van der Waals surface area contributed by atoms with Crippen molar-refractivity contribution in [3.8, 4) is 5.75 Å². The monoisotopic (exact) mass is 327 g/mol. The summed E-state index contributed by atoms with van der Waals surface area (Å²) in [6, 6.07) is 7.74. The second kappa shape index (κ2) is 6.14. The predicted molar refractivity (Wildman–Crippen MR) is 87.6 cm³/mol. The Hall–Kier alpha value is -2.57. The molecule has 7 nitrogen and oxygen atoms in total. The van der Waals surface area contributed by atoms with E-state index in [-0.39, 0.29) is 12.1 Å². The second-order valence-electron chi connectivity index (χ2n) is 6.32. The maximum atomic E-state index is 12.6. The van der Waals surface area contributed by atoms with Crippen LogP contribution in [-0.4, -0.2) is 39.4 Å². The van der Waals surface area contributed by atoms with E-state index < -0.39 is 0 Å². The van der Waals surface area contributed by atoms with Gasteiger partial charge in [0.15, 0.2) is 5.82 Å². The Kier molecular flexibility index (Phi) is 3.84. The largest absolute Gasteiger partial charge is 0.493 e. The van der Waals surface area contributed by atoms with E-state index in [9.17, 15) is 4.79 Å². The van der Waals surface area contributed by atoms with Gasteiger partial charge in [0.05, 0.1) is 19.2 Å². The van der Waals surface area contributed by atoms with Crippen molar-refractivity contribution in [3.05, 3.63) is 41.5 Å². The van der Waals surface area contributed by atoms with Crippen LogP contribution in [0, 0.1) is 0 Å². The quantitative estimate of drug-likeness (QED) is 0.934. The highest BCUT2D eigenvalue weighted by molar-refractivity contribution is 5.74. The van der Waals surface area contributed by atoms with Crippen LogP contribution >= 0.6 is 0 Å². The maximum Gasteiger partial charge on any atom is 0.318 e. The number of ether oxygens (including phenoxy) is 1. The third kappa shape index (κ3) is 2.70. The van der Waals surface area contributed by atoms with Crippen LogP contribution < -0.4 is 10.1 Å². The molecule has 7 heteroatoms. The number of rotatable bonds is 3.